The average molecular weight is 336 g/mol. The maximum atomic E-state index is 12.5. The van der Waals surface area contributed by atoms with E-state index in [1.54, 1.807) is 12.1 Å². The van der Waals surface area contributed by atoms with E-state index in [9.17, 15) is 9.90 Å². The lowest BCUT2D eigenvalue weighted by atomic mass is 9.92. The summed E-state index contributed by atoms with van der Waals surface area (Å²) < 4.78 is 5.43. The molecule has 0 aliphatic heterocycles. The van der Waals surface area contributed by atoms with Crippen molar-refractivity contribution in [2.45, 2.75) is 46.5 Å². The molecule has 130 valence electrons. The van der Waals surface area contributed by atoms with Crippen LogP contribution in [0.3, 0.4) is 0 Å². The molecule has 0 radical (unpaired) electrons. The third-order valence-corrected chi connectivity index (χ3v) is 4.65. The van der Waals surface area contributed by atoms with E-state index in [2.05, 4.69) is 19.1 Å². The van der Waals surface area contributed by atoms with Gasteiger partial charge in [-0.1, -0.05) is 31.9 Å². The summed E-state index contributed by atoms with van der Waals surface area (Å²) in [4.78, 5) is 12.5. The van der Waals surface area contributed by atoms with Crippen molar-refractivity contribution in [1.82, 2.24) is 0 Å². The number of unbranched alkanes of at least 4 members (excludes halogenated alkanes) is 2. The Balaban J connectivity index is 2.07. The summed E-state index contributed by atoms with van der Waals surface area (Å²) in [5, 5.41) is 10.4. The standard InChI is InChI=1S/C22H24O3/c1-4-5-6-7-16-10-14(2)21(15(3)11-16)19-12-17-8-9-18(23)13-20(17)25-22(19)24/h8-13,23H,4-7H2,1-3H3. The molecule has 0 aliphatic carbocycles. The van der Waals surface area contributed by atoms with E-state index in [4.69, 9.17) is 4.42 Å². The zero-order valence-electron chi connectivity index (χ0n) is 15.1. The summed E-state index contributed by atoms with van der Waals surface area (Å²) in [6.07, 6.45) is 4.71. The minimum atomic E-state index is -0.372. The first-order valence-corrected chi connectivity index (χ1v) is 8.87. The fourth-order valence-electron chi connectivity index (χ4n) is 3.48. The topological polar surface area (TPSA) is 50.4 Å². The van der Waals surface area contributed by atoms with E-state index in [-0.39, 0.29) is 11.4 Å². The second kappa shape index (κ2) is 7.14. The van der Waals surface area contributed by atoms with Crippen molar-refractivity contribution in [2.75, 3.05) is 0 Å². The molecule has 2 aromatic carbocycles. The van der Waals surface area contributed by atoms with Crippen LogP contribution in [0.15, 0.2) is 45.6 Å². The lowest BCUT2D eigenvalue weighted by Crippen LogP contribution is -2.05. The van der Waals surface area contributed by atoms with Crippen LogP contribution in [0, 0.1) is 13.8 Å². The summed E-state index contributed by atoms with van der Waals surface area (Å²) >= 11 is 0. The Morgan fingerprint density at radius 3 is 2.40 bits per heavy atom. The van der Waals surface area contributed by atoms with Gasteiger partial charge in [-0.25, -0.2) is 4.79 Å². The molecule has 0 spiro atoms. The van der Waals surface area contributed by atoms with Crippen LogP contribution in [-0.2, 0) is 6.42 Å². The highest BCUT2D eigenvalue weighted by atomic mass is 16.4. The van der Waals surface area contributed by atoms with E-state index in [1.807, 2.05) is 19.9 Å². The van der Waals surface area contributed by atoms with Gasteiger partial charge < -0.3 is 9.52 Å². The highest BCUT2D eigenvalue weighted by molar-refractivity contribution is 5.84. The molecule has 3 rings (SSSR count). The third kappa shape index (κ3) is 3.60. The van der Waals surface area contributed by atoms with Crippen LogP contribution in [0.4, 0.5) is 0 Å². The maximum absolute atomic E-state index is 12.5. The highest BCUT2D eigenvalue weighted by Gasteiger charge is 2.14. The number of benzene rings is 2. The minimum Gasteiger partial charge on any atom is -0.508 e. The molecule has 0 atom stereocenters. The van der Waals surface area contributed by atoms with Crippen LogP contribution in [-0.4, -0.2) is 5.11 Å². The van der Waals surface area contributed by atoms with Crippen molar-refractivity contribution in [1.29, 1.82) is 0 Å². The summed E-state index contributed by atoms with van der Waals surface area (Å²) in [6, 6.07) is 11.0. The largest absolute Gasteiger partial charge is 0.508 e. The molecule has 0 saturated carbocycles. The molecular weight excluding hydrogens is 312 g/mol. The van der Waals surface area contributed by atoms with Gasteiger partial charge >= 0.3 is 5.63 Å². The van der Waals surface area contributed by atoms with Gasteiger partial charge in [0.15, 0.2) is 0 Å². The molecule has 3 heteroatoms. The molecule has 0 fully saturated rings. The Kier molecular flexibility index (Phi) is 4.93. The number of hydrogen-bond acceptors (Lipinski definition) is 3. The smallest absolute Gasteiger partial charge is 0.344 e. The summed E-state index contributed by atoms with van der Waals surface area (Å²) in [5.41, 5.74) is 5.07. The van der Waals surface area contributed by atoms with Gasteiger partial charge in [-0.15, -0.1) is 0 Å². The van der Waals surface area contributed by atoms with Gasteiger partial charge in [-0.2, -0.15) is 0 Å². The van der Waals surface area contributed by atoms with Gasteiger partial charge in [0.2, 0.25) is 0 Å². The van der Waals surface area contributed by atoms with Gasteiger partial charge in [0, 0.05) is 11.5 Å². The Morgan fingerprint density at radius 1 is 1.00 bits per heavy atom. The van der Waals surface area contributed by atoms with Gasteiger partial charge in [0.1, 0.15) is 11.3 Å². The minimum absolute atomic E-state index is 0.0900. The second-order valence-electron chi connectivity index (χ2n) is 6.73. The number of rotatable bonds is 5. The lowest BCUT2D eigenvalue weighted by molar-refractivity contribution is 0.473. The Labute approximate surface area is 147 Å². The molecular formula is C22H24O3. The van der Waals surface area contributed by atoms with E-state index in [1.165, 1.54) is 30.9 Å². The first kappa shape index (κ1) is 17.3. The van der Waals surface area contributed by atoms with Gasteiger partial charge in [-0.05, 0) is 67.1 Å². The van der Waals surface area contributed by atoms with Crippen LogP contribution in [0.2, 0.25) is 0 Å². The SMILES string of the molecule is CCCCCc1cc(C)c(-c2cc3ccc(O)cc3oc2=O)c(C)c1. The quantitative estimate of drug-likeness (QED) is 0.493. The molecule has 1 heterocycles. The molecule has 0 saturated heterocycles. The first-order valence-electron chi connectivity index (χ1n) is 8.87. The van der Waals surface area contributed by atoms with Crippen molar-refractivity contribution in [3.05, 3.63) is 63.5 Å². The first-order chi connectivity index (χ1) is 12.0. The molecule has 0 amide bonds. The van der Waals surface area contributed by atoms with Gasteiger partial charge in [0.05, 0.1) is 5.56 Å². The lowest BCUT2D eigenvalue weighted by Gasteiger charge is -2.13. The molecule has 1 N–H and O–H groups in total. The van der Waals surface area contributed by atoms with Crippen molar-refractivity contribution in [3.63, 3.8) is 0 Å². The van der Waals surface area contributed by atoms with Gasteiger partial charge in [-0.3, -0.25) is 0 Å². The maximum Gasteiger partial charge on any atom is 0.344 e. The fraction of sp³-hybridized carbons (Fsp3) is 0.318. The highest BCUT2D eigenvalue weighted by Crippen LogP contribution is 2.29. The molecule has 0 aliphatic rings. The predicted octanol–water partition coefficient (Wildman–Crippen LogP) is 5.52. The average Bonchev–Trinajstić information content (AvgIpc) is 2.55. The summed E-state index contributed by atoms with van der Waals surface area (Å²) in [6.45, 7) is 6.30. The Morgan fingerprint density at radius 2 is 1.72 bits per heavy atom. The predicted molar refractivity (Wildman–Crippen MR) is 102 cm³/mol. The summed E-state index contributed by atoms with van der Waals surface area (Å²) in [7, 11) is 0. The zero-order valence-corrected chi connectivity index (χ0v) is 15.1. The number of hydrogen-bond donors (Lipinski definition) is 1. The fourth-order valence-corrected chi connectivity index (χ4v) is 3.48. The molecule has 25 heavy (non-hydrogen) atoms. The van der Waals surface area contributed by atoms with Crippen molar-refractivity contribution in [3.8, 4) is 16.9 Å². The van der Waals surface area contributed by atoms with Crippen molar-refractivity contribution in [2.24, 2.45) is 0 Å². The van der Waals surface area contributed by atoms with E-state index in [0.29, 0.717) is 11.1 Å². The summed E-state index contributed by atoms with van der Waals surface area (Å²) in [5.74, 6) is 0.0900. The van der Waals surface area contributed by atoms with E-state index in [0.717, 1.165) is 28.5 Å². The van der Waals surface area contributed by atoms with Crippen LogP contribution >= 0.6 is 0 Å². The Hall–Kier alpha value is -2.55. The van der Waals surface area contributed by atoms with Crippen molar-refractivity contribution >= 4 is 11.0 Å². The van der Waals surface area contributed by atoms with Gasteiger partial charge in [0.25, 0.3) is 0 Å². The molecule has 3 aromatic rings. The monoisotopic (exact) mass is 336 g/mol. The second-order valence-corrected chi connectivity index (χ2v) is 6.73. The molecule has 0 bridgehead atoms. The third-order valence-electron chi connectivity index (χ3n) is 4.65. The van der Waals surface area contributed by atoms with Crippen LogP contribution < -0.4 is 5.63 Å². The number of fused-ring (bicyclic) bond motifs is 1. The molecule has 3 nitrogen and oxygen atoms in total. The zero-order chi connectivity index (χ0) is 18.0. The number of phenols is 1. The normalized spacial score (nSPS) is 11.2. The van der Waals surface area contributed by atoms with Crippen molar-refractivity contribution < 1.29 is 9.52 Å². The van der Waals surface area contributed by atoms with E-state index >= 15 is 0 Å². The number of phenolic OH excluding ortho intramolecular Hbond substituents is 1. The van der Waals surface area contributed by atoms with E-state index < -0.39 is 0 Å². The molecule has 1 aromatic heterocycles. The number of aromatic hydroxyl groups is 1. The molecule has 0 unspecified atom stereocenters. The van der Waals surface area contributed by atoms with Crippen LogP contribution in [0.1, 0.15) is 42.9 Å². The van der Waals surface area contributed by atoms with Crippen LogP contribution in [0.5, 0.6) is 5.75 Å². The number of aryl methyl sites for hydroxylation is 3. The van der Waals surface area contributed by atoms with Crippen LogP contribution in [0.25, 0.3) is 22.1 Å². The Bertz CT molecular complexity index is 944.